The van der Waals surface area contributed by atoms with Crippen molar-refractivity contribution in [3.63, 3.8) is 0 Å². The van der Waals surface area contributed by atoms with Gasteiger partial charge in [0.25, 0.3) is 0 Å². The summed E-state index contributed by atoms with van der Waals surface area (Å²) in [5, 5.41) is 20.3. The highest BCUT2D eigenvalue weighted by atomic mass is 19.1. The minimum atomic E-state index is -1.44. The zero-order chi connectivity index (χ0) is 19.2. The highest BCUT2D eigenvalue weighted by Gasteiger charge is 2.67. The highest BCUT2D eigenvalue weighted by Crippen LogP contribution is 2.51. The minimum Gasteiger partial charge on any atom is -0.293 e. The van der Waals surface area contributed by atoms with Crippen LogP contribution in [0, 0.1) is 33.9 Å². The summed E-state index contributed by atoms with van der Waals surface area (Å²) in [4.78, 5) is 13.4. The summed E-state index contributed by atoms with van der Waals surface area (Å²) in [5.74, 6) is -1.15. The Hall–Kier alpha value is -3.28. The molecule has 1 saturated heterocycles. The number of nitrogens with one attached hydrogen (secondary N) is 1. The summed E-state index contributed by atoms with van der Waals surface area (Å²) < 4.78 is 13.5. The Balaban J connectivity index is 2.00. The molecule has 5 heteroatoms. The van der Waals surface area contributed by atoms with Crippen molar-refractivity contribution in [3.8, 4) is 12.1 Å². The smallest absolute Gasteiger partial charge is 0.212 e. The van der Waals surface area contributed by atoms with Crippen molar-refractivity contribution in [2.24, 2.45) is 5.41 Å². The molecule has 2 aliphatic heterocycles. The number of benzene rings is 2. The zero-order valence-corrected chi connectivity index (χ0v) is 14.7. The SMILES string of the molecule is CC(=O)[C@H]1[C@@H](c2ccc(F)cc2)C(C#N)(C#N)[C@H]2c3ccccc3C=C[NH+]12. The topological polar surface area (TPSA) is 69.1 Å². The number of carbonyl (C=O) groups is 1. The average Bonchev–Trinajstić information content (AvgIpc) is 3.00. The largest absolute Gasteiger partial charge is 0.293 e. The lowest BCUT2D eigenvalue weighted by Gasteiger charge is -2.29. The van der Waals surface area contributed by atoms with Crippen LogP contribution in [0.3, 0.4) is 0 Å². The maximum atomic E-state index is 13.5. The van der Waals surface area contributed by atoms with E-state index in [1.54, 1.807) is 12.1 Å². The van der Waals surface area contributed by atoms with Crippen LogP contribution in [-0.2, 0) is 4.79 Å². The minimum absolute atomic E-state index is 0.0965. The molecule has 1 unspecified atom stereocenters. The van der Waals surface area contributed by atoms with Gasteiger partial charge in [-0.3, -0.25) is 9.69 Å². The van der Waals surface area contributed by atoms with Gasteiger partial charge in [0, 0.05) is 12.5 Å². The Labute approximate surface area is 156 Å². The molecule has 0 radical (unpaired) electrons. The van der Waals surface area contributed by atoms with Gasteiger partial charge in [0.05, 0.1) is 24.3 Å². The van der Waals surface area contributed by atoms with Crippen LogP contribution in [0.1, 0.15) is 35.6 Å². The number of nitrogens with zero attached hydrogens (tertiary/aromatic N) is 2. The summed E-state index contributed by atoms with van der Waals surface area (Å²) in [7, 11) is 0. The average molecular weight is 358 g/mol. The number of halogens is 1. The third-order valence-electron chi connectivity index (χ3n) is 5.77. The van der Waals surface area contributed by atoms with Crippen LogP contribution >= 0.6 is 0 Å². The molecule has 0 amide bonds. The van der Waals surface area contributed by atoms with Gasteiger partial charge in [-0.1, -0.05) is 36.4 Å². The van der Waals surface area contributed by atoms with Gasteiger partial charge in [0.1, 0.15) is 5.82 Å². The van der Waals surface area contributed by atoms with E-state index in [4.69, 9.17) is 0 Å². The fraction of sp³-hybridized carbons (Fsp3) is 0.227. The van der Waals surface area contributed by atoms with E-state index in [0.29, 0.717) is 5.56 Å². The Morgan fingerprint density at radius 3 is 2.41 bits per heavy atom. The van der Waals surface area contributed by atoms with Gasteiger partial charge in [-0.2, -0.15) is 10.5 Å². The first-order valence-electron chi connectivity index (χ1n) is 8.75. The van der Waals surface area contributed by atoms with Crippen LogP contribution in [0.25, 0.3) is 6.08 Å². The second-order valence-electron chi connectivity index (χ2n) is 7.11. The summed E-state index contributed by atoms with van der Waals surface area (Å²) >= 11 is 0. The van der Waals surface area contributed by atoms with Crippen molar-refractivity contribution < 1.29 is 14.1 Å². The van der Waals surface area contributed by atoms with Gasteiger partial charge in [-0.05, 0) is 29.3 Å². The highest BCUT2D eigenvalue weighted by molar-refractivity contribution is 5.82. The normalized spacial score (nSPS) is 27.1. The first-order chi connectivity index (χ1) is 13.0. The van der Waals surface area contributed by atoms with Crippen LogP contribution in [-0.4, -0.2) is 11.8 Å². The third-order valence-corrected chi connectivity index (χ3v) is 5.77. The summed E-state index contributed by atoms with van der Waals surface area (Å²) in [6.07, 6.45) is 3.82. The number of rotatable bonds is 2. The number of Topliss-reactive ketones (excluding diaryl/α,β-unsaturated/α-hetero) is 1. The fourth-order valence-electron chi connectivity index (χ4n) is 4.70. The molecule has 2 aromatic rings. The van der Waals surface area contributed by atoms with E-state index < -0.39 is 29.2 Å². The van der Waals surface area contributed by atoms with Crippen molar-refractivity contribution in [3.05, 3.63) is 77.2 Å². The third kappa shape index (κ3) is 2.33. The Kier molecular flexibility index (Phi) is 3.91. The molecule has 4 rings (SSSR count). The van der Waals surface area contributed by atoms with E-state index in [9.17, 15) is 19.7 Å². The van der Waals surface area contributed by atoms with E-state index in [-0.39, 0.29) is 5.78 Å². The lowest BCUT2D eigenvalue weighted by Crippen LogP contribution is -3.11. The summed E-state index contributed by atoms with van der Waals surface area (Å²) in [6.45, 7) is 1.49. The molecule has 4 atom stereocenters. The summed E-state index contributed by atoms with van der Waals surface area (Å²) in [5.41, 5.74) is 1.02. The van der Waals surface area contributed by atoms with Crippen LogP contribution in [0.15, 0.2) is 54.7 Å². The molecule has 2 aliphatic rings. The maximum absolute atomic E-state index is 13.5. The van der Waals surface area contributed by atoms with Crippen LogP contribution in [0.5, 0.6) is 0 Å². The molecule has 0 bridgehead atoms. The van der Waals surface area contributed by atoms with Gasteiger partial charge in [-0.15, -0.1) is 0 Å². The van der Waals surface area contributed by atoms with E-state index in [1.165, 1.54) is 19.1 Å². The molecule has 27 heavy (non-hydrogen) atoms. The number of quaternary nitrogens is 1. The Morgan fingerprint density at radius 1 is 1.11 bits per heavy atom. The number of hydrogen-bond donors (Lipinski definition) is 1. The van der Waals surface area contributed by atoms with Crippen molar-refractivity contribution in [1.29, 1.82) is 10.5 Å². The quantitative estimate of drug-likeness (QED) is 0.897. The molecule has 0 aromatic heterocycles. The second kappa shape index (κ2) is 6.16. The number of nitriles is 2. The molecule has 0 aliphatic carbocycles. The molecule has 1 fully saturated rings. The van der Waals surface area contributed by atoms with E-state index in [1.807, 2.05) is 36.5 Å². The number of fused-ring (bicyclic) bond motifs is 3. The molecule has 2 aromatic carbocycles. The lowest BCUT2D eigenvalue weighted by atomic mass is 9.68. The first kappa shape index (κ1) is 17.1. The Bertz CT molecular complexity index is 1010. The van der Waals surface area contributed by atoms with Gasteiger partial charge in [0.15, 0.2) is 17.9 Å². The van der Waals surface area contributed by atoms with Crippen molar-refractivity contribution >= 4 is 11.9 Å². The Morgan fingerprint density at radius 2 is 1.78 bits per heavy atom. The molecular weight excluding hydrogens is 341 g/mol. The van der Waals surface area contributed by atoms with E-state index >= 15 is 0 Å². The number of ketones is 1. The van der Waals surface area contributed by atoms with Gasteiger partial charge < -0.3 is 0 Å². The standard InChI is InChI=1S/C22H16FN3O/c1-14(27)20-19(16-6-8-17(23)9-7-16)22(12-24,13-25)21-18-5-3-2-4-15(18)10-11-26(20)21/h2-11,19-21H,1H3/p+1/t19-,20+,21-/m1/s1. The van der Waals surface area contributed by atoms with Gasteiger partial charge in [0.2, 0.25) is 5.41 Å². The molecule has 4 nitrogen and oxygen atoms in total. The van der Waals surface area contributed by atoms with E-state index in [2.05, 4.69) is 12.1 Å². The van der Waals surface area contributed by atoms with Crippen molar-refractivity contribution in [2.45, 2.75) is 24.9 Å². The summed E-state index contributed by atoms with van der Waals surface area (Å²) in [6, 6.07) is 16.8. The van der Waals surface area contributed by atoms with Gasteiger partial charge in [-0.25, -0.2) is 4.39 Å². The number of carbonyl (C=O) groups excluding carboxylic acids is 1. The zero-order valence-electron chi connectivity index (χ0n) is 14.7. The van der Waals surface area contributed by atoms with Gasteiger partial charge >= 0.3 is 0 Å². The second-order valence-corrected chi connectivity index (χ2v) is 7.11. The van der Waals surface area contributed by atoms with Crippen LogP contribution < -0.4 is 4.90 Å². The first-order valence-corrected chi connectivity index (χ1v) is 8.75. The molecule has 132 valence electrons. The molecule has 0 saturated carbocycles. The predicted octanol–water partition coefficient (Wildman–Crippen LogP) is 2.52. The molecule has 0 spiro atoms. The lowest BCUT2D eigenvalue weighted by molar-refractivity contribution is -0.885. The molecular formula is C22H17FN3O+. The van der Waals surface area contributed by atoms with Crippen LogP contribution in [0.2, 0.25) is 0 Å². The van der Waals surface area contributed by atoms with Crippen molar-refractivity contribution in [1.82, 2.24) is 0 Å². The monoisotopic (exact) mass is 358 g/mol. The maximum Gasteiger partial charge on any atom is 0.212 e. The van der Waals surface area contributed by atoms with E-state index in [0.717, 1.165) is 16.0 Å². The number of hydrogen-bond acceptors (Lipinski definition) is 3. The predicted molar refractivity (Wildman–Crippen MR) is 96.4 cm³/mol. The molecule has 2 heterocycles. The fourth-order valence-corrected chi connectivity index (χ4v) is 4.70. The van der Waals surface area contributed by atoms with Crippen LogP contribution in [0.4, 0.5) is 4.39 Å². The van der Waals surface area contributed by atoms with Crippen molar-refractivity contribution in [2.75, 3.05) is 0 Å². The molecule has 1 N–H and O–H groups in total.